The van der Waals surface area contributed by atoms with Gasteiger partial charge in [-0.1, -0.05) is 0 Å². The first-order chi connectivity index (χ1) is 9.61. The number of nitrogens with one attached hydrogen (secondary N) is 1. The highest BCUT2D eigenvalue weighted by molar-refractivity contribution is 5.24. The highest BCUT2D eigenvalue weighted by Gasteiger charge is 2.15. The molecule has 0 aromatic carbocycles. The van der Waals surface area contributed by atoms with Gasteiger partial charge in [-0.05, 0) is 72.2 Å². The van der Waals surface area contributed by atoms with E-state index in [0.717, 1.165) is 19.5 Å². The lowest BCUT2D eigenvalue weighted by molar-refractivity contribution is 0.299. The molecule has 114 valence electrons. The number of aromatic nitrogens is 2. The summed E-state index contributed by atoms with van der Waals surface area (Å²) in [5, 5.41) is 8.25. The highest BCUT2D eigenvalue weighted by Crippen LogP contribution is 2.13. The van der Waals surface area contributed by atoms with Gasteiger partial charge in [0.05, 0.1) is 5.69 Å². The van der Waals surface area contributed by atoms with Crippen LogP contribution in [0.4, 0.5) is 0 Å². The lowest BCUT2D eigenvalue weighted by atomic mass is 10.1. The minimum atomic E-state index is 0.579. The average Bonchev–Trinajstić information content (AvgIpc) is 3.01. The van der Waals surface area contributed by atoms with Crippen LogP contribution in [0.5, 0.6) is 0 Å². The molecule has 1 aromatic rings. The zero-order valence-corrected chi connectivity index (χ0v) is 13.6. The van der Waals surface area contributed by atoms with Gasteiger partial charge in [-0.15, -0.1) is 0 Å². The topological polar surface area (TPSA) is 33.1 Å². The van der Waals surface area contributed by atoms with Gasteiger partial charge in [0.15, 0.2) is 0 Å². The summed E-state index contributed by atoms with van der Waals surface area (Å²) in [4.78, 5) is 2.57. The minimum Gasteiger partial charge on any atom is -0.313 e. The number of hydrogen-bond acceptors (Lipinski definition) is 3. The van der Waals surface area contributed by atoms with E-state index >= 15 is 0 Å². The fourth-order valence-corrected chi connectivity index (χ4v) is 3.26. The van der Waals surface area contributed by atoms with Crippen LogP contribution in [0.15, 0.2) is 0 Å². The van der Waals surface area contributed by atoms with E-state index in [-0.39, 0.29) is 0 Å². The molecule has 1 aromatic heterocycles. The number of rotatable bonds is 7. The van der Waals surface area contributed by atoms with Crippen LogP contribution >= 0.6 is 0 Å². The van der Waals surface area contributed by atoms with Gasteiger partial charge in [-0.2, -0.15) is 5.10 Å². The number of hydrogen-bond donors (Lipinski definition) is 1. The predicted octanol–water partition coefficient (Wildman–Crippen LogP) is 2.14. The predicted molar refractivity (Wildman–Crippen MR) is 84.2 cm³/mol. The highest BCUT2D eigenvalue weighted by atomic mass is 15.3. The van der Waals surface area contributed by atoms with Crippen molar-refractivity contribution < 1.29 is 0 Å². The van der Waals surface area contributed by atoms with Crippen molar-refractivity contribution in [1.29, 1.82) is 0 Å². The Morgan fingerprint density at radius 2 is 1.95 bits per heavy atom. The van der Waals surface area contributed by atoms with Crippen molar-refractivity contribution in [1.82, 2.24) is 20.0 Å². The summed E-state index contributed by atoms with van der Waals surface area (Å²) in [5.41, 5.74) is 3.95. The molecule has 1 unspecified atom stereocenters. The van der Waals surface area contributed by atoms with Crippen molar-refractivity contribution in [2.75, 3.05) is 26.2 Å². The van der Waals surface area contributed by atoms with Crippen LogP contribution in [0, 0.1) is 13.8 Å². The molecule has 1 N–H and O–H groups in total. The molecule has 20 heavy (non-hydrogen) atoms. The third-order valence-electron chi connectivity index (χ3n) is 4.43. The summed E-state index contributed by atoms with van der Waals surface area (Å²) in [6, 6.07) is 0.579. The Kier molecular flexibility index (Phi) is 5.61. The van der Waals surface area contributed by atoms with Crippen molar-refractivity contribution in [2.45, 2.75) is 59.5 Å². The van der Waals surface area contributed by atoms with Crippen LogP contribution in [-0.2, 0) is 13.0 Å². The molecular weight excluding hydrogens is 248 g/mol. The molecule has 0 bridgehead atoms. The summed E-state index contributed by atoms with van der Waals surface area (Å²) < 4.78 is 2.11. The quantitative estimate of drug-likeness (QED) is 0.829. The first-order valence-corrected chi connectivity index (χ1v) is 8.10. The molecule has 0 radical (unpaired) electrons. The van der Waals surface area contributed by atoms with Gasteiger partial charge in [0.2, 0.25) is 0 Å². The maximum atomic E-state index is 4.59. The van der Waals surface area contributed by atoms with Gasteiger partial charge in [0.1, 0.15) is 0 Å². The third kappa shape index (κ3) is 3.83. The van der Waals surface area contributed by atoms with E-state index in [1.165, 1.54) is 49.4 Å². The van der Waals surface area contributed by atoms with E-state index < -0.39 is 0 Å². The summed E-state index contributed by atoms with van der Waals surface area (Å²) in [6.45, 7) is 14.5. The number of likely N-dealkylation sites (tertiary alicyclic amines) is 1. The fraction of sp³-hybridized carbons (Fsp3) is 0.812. The van der Waals surface area contributed by atoms with Crippen LogP contribution in [0.3, 0.4) is 0 Å². The molecule has 0 spiro atoms. The Morgan fingerprint density at radius 1 is 1.25 bits per heavy atom. The second-order valence-electron chi connectivity index (χ2n) is 6.08. The van der Waals surface area contributed by atoms with Crippen molar-refractivity contribution in [2.24, 2.45) is 0 Å². The zero-order valence-electron chi connectivity index (χ0n) is 13.6. The molecule has 4 heteroatoms. The summed E-state index contributed by atoms with van der Waals surface area (Å²) in [6.07, 6.45) is 3.84. The van der Waals surface area contributed by atoms with Gasteiger partial charge in [-0.3, -0.25) is 4.68 Å². The lowest BCUT2D eigenvalue weighted by Crippen LogP contribution is -2.38. The van der Waals surface area contributed by atoms with Crippen LogP contribution in [0.2, 0.25) is 0 Å². The molecule has 1 fully saturated rings. The van der Waals surface area contributed by atoms with E-state index in [4.69, 9.17) is 0 Å². The number of aryl methyl sites for hydroxylation is 2. The minimum absolute atomic E-state index is 0.579. The van der Waals surface area contributed by atoms with Crippen molar-refractivity contribution >= 4 is 0 Å². The maximum absolute atomic E-state index is 4.59. The molecule has 0 amide bonds. The Morgan fingerprint density at radius 3 is 2.55 bits per heavy atom. The lowest BCUT2D eigenvalue weighted by Gasteiger charge is -2.21. The summed E-state index contributed by atoms with van der Waals surface area (Å²) in [5.74, 6) is 0. The molecule has 2 rings (SSSR count). The molecule has 0 saturated carbocycles. The molecule has 1 saturated heterocycles. The fourth-order valence-electron chi connectivity index (χ4n) is 3.26. The molecule has 1 atom stereocenters. The molecular formula is C16H30N4. The molecule has 1 aliphatic rings. The molecule has 1 aliphatic heterocycles. The summed E-state index contributed by atoms with van der Waals surface area (Å²) >= 11 is 0. The molecule has 2 heterocycles. The maximum Gasteiger partial charge on any atom is 0.0628 e. The van der Waals surface area contributed by atoms with Gasteiger partial charge in [-0.25, -0.2) is 0 Å². The van der Waals surface area contributed by atoms with Crippen LogP contribution in [0.1, 0.15) is 43.6 Å². The largest absolute Gasteiger partial charge is 0.313 e. The standard InChI is InChI=1S/C16H30N4/c1-5-20-15(4)16(14(3)18-20)8-9-17-13(2)12-19-10-6-7-11-19/h13,17H,5-12H2,1-4H3. The van der Waals surface area contributed by atoms with E-state index in [1.807, 2.05) is 0 Å². The first kappa shape index (κ1) is 15.5. The third-order valence-corrected chi connectivity index (χ3v) is 4.43. The van der Waals surface area contributed by atoms with Gasteiger partial charge in [0.25, 0.3) is 0 Å². The normalized spacial score (nSPS) is 17.8. The average molecular weight is 278 g/mol. The Hall–Kier alpha value is -0.870. The number of nitrogens with zero attached hydrogens (tertiary/aromatic N) is 3. The summed E-state index contributed by atoms with van der Waals surface area (Å²) in [7, 11) is 0. The molecule has 4 nitrogen and oxygen atoms in total. The Balaban J connectivity index is 1.76. The van der Waals surface area contributed by atoms with E-state index in [0.29, 0.717) is 6.04 Å². The second kappa shape index (κ2) is 7.23. The second-order valence-corrected chi connectivity index (χ2v) is 6.08. The monoisotopic (exact) mass is 278 g/mol. The van der Waals surface area contributed by atoms with Gasteiger partial charge in [0, 0.05) is 24.8 Å². The van der Waals surface area contributed by atoms with E-state index in [2.05, 4.69) is 47.7 Å². The van der Waals surface area contributed by atoms with Crippen LogP contribution < -0.4 is 5.32 Å². The van der Waals surface area contributed by atoms with Crippen molar-refractivity contribution in [3.63, 3.8) is 0 Å². The van der Waals surface area contributed by atoms with Crippen LogP contribution in [-0.4, -0.2) is 46.9 Å². The molecule has 0 aliphatic carbocycles. The Labute approximate surface area is 123 Å². The Bertz CT molecular complexity index is 418. The van der Waals surface area contributed by atoms with Gasteiger partial charge >= 0.3 is 0 Å². The zero-order chi connectivity index (χ0) is 14.5. The van der Waals surface area contributed by atoms with E-state index in [1.54, 1.807) is 0 Å². The van der Waals surface area contributed by atoms with E-state index in [9.17, 15) is 0 Å². The van der Waals surface area contributed by atoms with Crippen molar-refractivity contribution in [3.8, 4) is 0 Å². The first-order valence-electron chi connectivity index (χ1n) is 8.10. The smallest absolute Gasteiger partial charge is 0.0628 e. The van der Waals surface area contributed by atoms with Crippen molar-refractivity contribution in [3.05, 3.63) is 17.0 Å². The SMILES string of the molecule is CCn1nc(C)c(CCNC(C)CN2CCCC2)c1C. The van der Waals surface area contributed by atoms with Gasteiger partial charge < -0.3 is 10.2 Å². The van der Waals surface area contributed by atoms with Crippen LogP contribution in [0.25, 0.3) is 0 Å².